The first-order chi connectivity index (χ1) is 16.9. The van der Waals surface area contributed by atoms with Crippen LogP contribution in [-0.2, 0) is 18.7 Å². The highest BCUT2D eigenvalue weighted by Gasteiger charge is 2.26. The predicted octanol–water partition coefficient (Wildman–Crippen LogP) is 6.82. The van der Waals surface area contributed by atoms with Gasteiger partial charge < -0.3 is 4.74 Å². The van der Waals surface area contributed by atoms with Gasteiger partial charge in [0, 0.05) is 39.8 Å². The molecule has 0 N–H and O–H groups in total. The fraction of sp³-hybridized carbons (Fsp3) is 0.308. The van der Waals surface area contributed by atoms with Crippen LogP contribution >= 0.6 is 46.3 Å². The average molecular weight is 547 g/mol. The van der Waals surface area contributed by atoms with Crippen LogP contribution in [0.15, 0.2) is 52.4 Å². The first-order valence-corrected chi connectivity index (χ1v) is 13.9. The molecule has 5 rings (SSSR count). The van der Waals surface area contributed by atoms with Gasteiger partial charge in [-0.05, 0) is 67.8 Å². The molecule has 0 aliphatic carbocycles. The standard InChI is InChI=1S/C26H25Cl2N3O2S2/c1-15(2)30-11-10-20-22(13-30)35-24-23(20)25(32)31(18-6-8-19(33-3)9-7-18)26(29-24)34-14-16-4-5-17(27)12-21(16)28/h4-9,12,15H,10-11,13-14H2,1-3H3. The lowest BCUT2D eigenvalue weighted by atomic mass is 10.0. The van der Waals surface area contributed by atoms with Gasteiger partial charge in [-0.3, -0.25) is 14.3 Å². The second-order valence-electron chi connectivity index (χ2n) is 8.76. The Balaban J connectivity index is 1.62. The second-order valence-corrected chi connectivity index (χ2v) is 11.6. The maximum Gasteiger partial charge on any atom is 0.267 e. The van der Waals surface area contributed by atoms with Crippen molar-refractivity contribution in [1.82, 2.24) is 14.5 Å². The zero-order valence-electron chi connectivity index (χ0n) is 19.7. The van der Waals surface area contributed by atoms with Gasteiger partial charge in [-0.25, -0.2) is 4.98 Å². The van der Waals surface area contributed by atoms with Crippen LogP contribution in [0, 0.1) is 0 Å². The summed E-state index contributed by atoms with van der Waals surface area (Å²) >= 11 is 15.6. The van der Waals surface area contributed by atoms with Crippen molar-refractivity contribution < 1.29 is 4.74 Å². The molecule has 2 aromatic carbocycles. The Labute approximate surface area is 222 Å². The molecule has 2 aromatic heterocycles. The van der Waals surface area contributed by atoms with Crippen LogP contribution in [0.5, 0.6) is 5.75 Å². The maximum absolute atomic E-state index is 14.0. The quantitative estimate of drug-likeness (QED) is 0.196. The van der Waals surface area contributed by atoms with E-state index in [0.717, 1.165) is 52.3 Å². The fourth-order valence-corrected chi connectivity index (χ4v) is 7.18. The third-order valence-electron chi connectivity index (χ3n) is 6.31. The van der Waals surface area contributed by atoms with E-state index in [1.165, 1.54) is 16.6 Å². The molecule has 0 amide bonds. The van der Waals surface area contributed by atoms with E-state index < -0.39 is 0 Å². The van der Waals surface area contributed by atoms with E-state index in [4.69, 9.17) is 32.9 Å². The summed E-state index contributed by atoms with van der Waals surface area (Å²) < 4.78 is 7.04. The number of hydrogen-bond acceptors (Lipinski definition) is 6. The van der Waals surface area contributed by atoms with Crippen LogP contribution in [0.2, 0.25) is 10.0 Å². The van der Waals surface area contributed by atoms with Gasteiger partial charge in [-0.15, -0.1) is 11.3 Å². The molecule has 0 atom stereocenters. The Morgan fingerprint density at radius 3 is 2.63 bits per heavy atom. The van der Waals surface area contributed by atoms with Gasteiger partial charge in [0.2, 0.25) is 0 Å². The highest BCUT2D eigenvalue weighted by atomic mass is 35.5. The number of aromatic nitrogens is 2. The topological polar surface area (TPSA) is 47.4 Å². The van der Waals surface area contributed by atoms with Gasteiger partial charge in [-0.2, -0.15) is 0 Å². The van der Waals surface area contributed by atoms with Crippen LogP contribution in [0.25, 0.3) is 15.9 Å². The normalized spacial score (nSPS) is 14.0. The summed E-state index contributed by atoms with van der Waals surface area (Å²) in [4.78, 5) is 23.5. The molecule has 0 radical (unpaired) electrons. The molecule has 3 heterocycles. The summed E-state index contributed by atoms with van der Waals surface area (Å²) in [6.45, 7) is 6.23. The lowest BCUT2D eigenvalue weighted by molar-refractivity contribution is 0.206. The van der Waals surface area contributed by atoms with Crippen molar-refractivity contribution in [3.8, 4) is 11.4 Å². The number of benzene rings is 2. The number of halogens is 2. The molecule has 0 bridgehead atoms. The molecule has 1 aliphatic heterocycles. The van der Waals surface area contributed by atoms with Gasteiger partial charge in [0.25, 0.3) is 5.56 Å². The molecule has 0 saturated heterocycles. The molecule has 5 nitrogen and oxygen atoms in total. The molecule has 0 fully saturated rings. The minimum absolute atomic E-state index is 0.0274. The number of hydrogen-bond donors (Lipinski definition) is 0. The van der Waals surface area contributed by atoms with E-state index >= 15 is 0 Å². The third-order valence-corrected chi connectivity index (χ3v) is 8.99. The van der Waals surface area contributed by atoms with Crippen molar-refractivity contribution >= 4 is 56.5 Å². The molecule has 0 saturated carbocycles. The summed E-state index contributed by atoms with van der Waals surface area (Å²) in [5.74, 6) is 1.30. The van der Waals surface area contributed by atoms with Crippen molar-refractivity contribution in [1.29, 1.82) is 0 Å². The molecular weight excluding hydrogens is 521 g/mol. The first-order valence-electron chi connectivity index (χ1n) is 11.4. The molecular formula is C26H25Cl2N3O2S2. The summed E-state index contributed by atoms with van der Waals surface area (Å²) in [6.07, 6.45) is 0.861. The third kappa shape index (κ3) is 4.85. The Hall–Kier alpha value is -2.03. The Bertz CT molecular complexity index is 1450. The number of ether oxygens (including phenoxy) is 1. The van der Waals surface area contributed by atoms with Crippen LogP contribution in [0.3, 0.4) is 0 Å². The highest BCUT2D eigenvalue weighted by Crippen LogP contribution is 2.36. The fourth-order valence-electron chi connectivity index (χ4n) is 4.32. The smallest absolute Gasteiger partial charge is 0.267 e. The monoisotopic (exact) mass is 545 g/mol. The van der Waals surface area contributed by atoms with E-state index in [0.29, 0.717) is 27.0 Å². The lowest BCUT2D eigenvalue weighted by Gasteiger charge is -2.30. The van der Waals surface area contributed by atoms with E-state index in [1.807, 2.05) is 36.4 Å². The highest BCUT2D eigenvalue weighted by molar-refractivity contribution is 7.98. The molecule has 35 heavy (non-hydrogen) atoms. The largest absolute Gasteiger partial charge is 0.497 e. The maximum atomic E-state index is 14.0. The van der Waals surface area contributed by atoms with E-state index in [2.05, 4.69) is 18.7 Å². The van der Waals surface area contributed by atoms with Gasteiger partial charge in [-0.1, -0.05) is 41.0 Å². The van der Waals surface area contributed by atoms with E-state index in [1.54, 1.807) is 29.1 Å². The molecule has 182 valence electrons. The zero-order valence-corrected chi connectivity index (χ0v) is 22.8. The second kappa shape index (κ2) is 10.1. The summed E-state index contributed by atoms with van der Waals surface area (Å²) in [5.41, 5.74) is 2.82. The summed E-state index contributed by atoms with van der Waals surface area (Å²) in [6, 6.07) is 13.5. The van der Waals surface area contributed by atoms with Crippen molar-refractivity contribution in [3.63, 3.8) is 0 Å². The minimum atomic E-state index is -0.0274. The Morgan fingerprint density at radius 1 is 1.17 bits per heavy atom. The molecule has 4 aromatic rings. The average Bonchev–Trinajstić information content (AvgIpc) is 3.21. The number of nitrogens with zero attached hydrogens (tertiary/aromatic N) is 3. The van der Waals surface area contributed by atoms with Gasteiger partial charge in [0.05, 0.1) is 18.2 Å². The first kappa shape index (κ1) is 24.7. The van der Waals surface area contributed by atoms with Crippen molar-refractivity contribution in [2.45, 2.75) is 43.8 Å². The molecule has 0 spiro atoms. The molecule has 1 aliphatic rings. The number of methoxy groups -OCH3 is 1. The predicted molar refractivity (Wildman–Crippen MR) is 147 cm³/mol. The van der Waals surface area contributed by atoms with Crippen molar-refractivity contribution in [2.75, 3.05) is 13.7 Å². The van der Waals surface area contributed by atoms with Crippen molar-refractivity contribution in [2.24, 2.45) is 0 Å². The summed E-state index contributed by atoms with van der Waals surface area (Å²) in [7, 11) is 1.63. The van der Waals surface area contributed by atoms with Gasteiger partial charge in [0.15, 0.2) is 5.16 Å². The SMILES string of the molecule is COc1ccc(-n2c(SCc3ccc(Cl)cc3Cl)nc3sc4c(c3c2=O)CCN(C(C)C)C4)cc1. The van der Waals surface area contributed by atoms with E-state index in [9.17, 15) is 4.79 Å². The summed E-state index contributed by atoms with van der Waals surface area (Å²) in [5, 5.41) is 2.58. The van der Waals surface area contributed by atoms with Gasteiger partial charge >= 0.3 is 0 Å². The number of rotatable bonds is 6. The Morgan fingerprint density at radius 2 is 1.94 bits per heavy atom. The minimum Gasteiger partial charge on any atom is -0.497 e. The van der Waals surface area contributed by atoms with Crippen LogP contribution < -0.4 is 10.3 Å². The van der Waals surface area contributed by atoms with Crippen molar-refractivity contribution in [3.05, 3.63) is 78.9 Å². The van der Waals surface area contributed by atoms with Crippen LogP contribution in [0.4, 0.5) is 0 Å². The Kier molecular flexibility index (Phi) is 7.15. The number of fused-ring (bicyclic) bond motifs is 3. The van der Waals surface area contributed by atoms with E-state index in [-0.39, 0.29) is 5.56 Å². The molecule has 0 unspecified atom stereocenters. The lowest BCUT2D eigenvalue weighted by Crippen LogP contribution is -2.35. The van der Waals surface area contributed by atoms with Crippen LogP contribution in [-0.4, -0.2) is 34.1 Å². The number of thiophene rings is 1. The number of thioether (sulfide) groups is 1. The zero-order chi connectivity index (χ0) is 24.7. The van der Waals surface area contributed by atoms with Gasteiger partial charge in [0.1, 0.15) is 10.6 Å². The van der Waals surface area contributed by atoms with Crippen LogP contribution in [0.1, 0.15) is 29.9 Å². The molecule has 9 heteroatoms.